The van der Waals surface area contributed by atoms with E-state index in [4.69, 9.17) is 15.0 Å². The molecule has 0 fully saturated rings. The van der Waals surface area contributed by atoms with Crippen molar-refractivity contribution in [3.8, 4) is 0 Å². The Bertz CT molecular complexity index is 2260. The van der Waals surface area contributed by atoms with E-state index in [1.54, 1.807) is 92.0 Å². The highest BCUT2D eigenvalue weighted by atomic mass is 32.3. The summed E-state index contributed by atoms with van der Waals surface area (Å²) in [6.45, 7) is 7.02. The lowest BCUT2D eigenvalue weighted by Gasteiger charge is -2.25. The molecule has 0 aromatic carbocycles. The summed E-state index contributed by atoms with van der Waals surface area (Å²) in [6.07, 6.45) is 31.6. The van der Waals surface area contributed by atoms with Gasteiger partial charge in [-0.3, -0.25) is 9.35 Å². The molecule has 0 heterocycles. The molecule has 0 rings (SSSR count). The number of carbonyl (C=O) groups excluding carboxylic acids is 1. The minimum absolute atomic E-state index is 0.000834. The summed E-state index contributed by atoms with van der Waals surface area (Å²) < 4.78 is 37.4. The molecule has 0 saturated heterocycles. The fourth-order valence-electron chi connectivity index (χ4n) is 7.89. The number of aliphatic hydroxyl groups excluding tert-OH is 11. The van der Waals surface area contributed by atoms with Crippen LogP contribution >= 0.6 is 0 Å². The van der Waals surface area contributed by atoms with Gasteiger partial charge in [-0.2, -0.15) is 8.42 Å². The molecule has 0 aromatic heterocycles. The van der Waals surface area contributed by atoms with Crippen LogP contribution in [0.1, 0.15) is 118 Å². The number of unbranched alkanes of at least 4 members (excludes halogenated alkanes) is 1. The third-order valence-corrected chi connectivity index (χ3v) is 13.3. The summed E-state index contributed by atoms with van der Waals surface area (Å²) in [5.74, 6) is -3.24. The smallest absolute Gasteiger partial charge is 0.397 e. The number of carbonyl (C=O) groups is 2. The molecule has 0 aliphatic carbocycles. The summed E-state index contributed by atoms with van der Waals surface area (Å²) in [5.41, 5.74) is 5.68. The molecule has 0 bridgehead atoms. The number of carboxylic acid groups (broad SMARTS) is 1. The molecule has 464 valence electrons. The number of nitrogens with two attached hydrogens (primary N) is 1. The van der Waals surface area contributed by atoms with E-state index in [9.17, 15) is 78.7 Å². The van der Waals surface area contributed by atoms with E-state index in [1.165, 1.54) is 56.4 Å². The molecule has 19 nitrogen and oxygen atoms in total. The Morgan fingerprint density at radius 1 is 0.512 bits per heavy atom. The molecular weight excluding hydrogens is 1080 g/mol. The van der Waals surface area contributed by atoms with Gasteiger partial charge in [-0.15, -0.1) is 0 Å². The lowest BCUT2D eigenvalue weighted by Crippen LogP contribution is -2.32. The molecule has 82 heavy (non-hydrogen) atoms. The number of hydrogen-bond donors (Lipinski definition) is 14. The van der Waals surface area contributed by atoms with Crippen LogP contribution in [0.3, 0.4) is 0 Å². The highest BCUT2D eigenvalue weighted by molar-refractivity contribution is 7.80. The average molecular weight is 1180 g/mol. The van der Waals surface area contributed by atoms with Crippen molar-refractivity contribution in [2.75, 3.05) is 6.54 Å². The minimum atomic E-state index is -4.95. The lowest BCUT2D eigenvalue weighted by molar-refractivity contribution is -0.132. The van der Waals surface area contributed by atoms with Crippen molar-refractivity contribution in [3.63, 3.8) is 0 Å². The van der Waals surface area contributed by atoms with E-state index < -0.39 is 114 Å². The molecule has 0 spiro atoms. The van der Waals surface area contributed by atoms with Crippen molar-refractivity contribution in [2.24, 2.45) is 23.5 Å². The number of Topliss-reactive ketones (excluding diaryl/α,β-unsaturated/α-hetero) is 1. The number of rotatable bonds is 46. The quantitative estimate of drug-likeness (QED) is 0.0113. The van der Waals surface area contributed by atoms with Crippen molar-refractivity contribution in [1.29, 1.82) is 0 Å². The first-order chi connectivity index (χ1) is 38.8. The molecule has 15 N–H and O–H groups in total. The number of ketones is 1. The third kappa shape index (κ3) is 42.9. The van der Waals surface area contributed by atoms with Crippen LogP contribution in [0.2, 0.25) is 0 Å². The monoisotopic (exact) mass is 1180 g/mol. The molecule has 20 heteroatoms. The van der Waals surface area contributed by atoms with E-state index in [0.29, 0.717) is 19.4 Å². The van der Waals surface area contributed by atoms with Gasteiger partial charge in [0.1, 0.15) is 5.78 Å². The first-order valence-electron chi connectivity index (χ1n) is 28.0. The molecule has 0 aliphatic heterocycles. The van der Waals surface area contributed by atoms with Gasteiger partial charge in [-0.25, -0.2) is 8.98 Å². The Kier molecular flexibility index (Phi) is 43.8. The largest absolute Gasteiger partial charge is 0.478 e. The fourth-order valence-corrected chi connectivity index (χ4v) is 8.45. The number of carboxylic acids is 1. The topological polar surface area (TPSA) is 367 Å². The Morgan fingerprint density at radius 3 is 1.49 bits per heavy atom. The summed E-state index contributed by atoms with van der Waals surface area (Å²) in [7, 11) is -4.95. The summed E-state index contributed by atoms with van der Waals surface area (Å²) in [6, 6.07) is 0. The maximum atomic E-state index is 13.0. The van der Waals surface area contributed by atoms with Crippen LogP contribution in [-0.4, -0.2) is 166 Å². The van der Waals surface area contributed by atoms with Gasteiger partial charge in [0.25, 0.3) is 0 Å². The molecular formula is C62H97NO18S. The van der Waals surface area contributed by atoms with Crippen LogP contribution in [0, 0.1) is 17.8 Å². The zero-order valence-electron chi connectivity index (χ0n) is 48.0. The van der Waals surface area contributed by atoms with E-state index in [2.05, 4.69) is 0 Å². The van der Waals surface area contributed by atoms with Crippen LogP contribution in [0.15, 0.2) is 157 Å². The molecule has 15 atom stereocenters. The molecule has 0 amide bonds. The van der Waals surface area contributed by atoms with Crippen LogP contribution < -0.4 is 5.73 Å². The van der Waals surface area contributed by atoms with Crippen LogP contribution in [0.5, 0.6) is 0 Å². The molecule has 0 aromatic rings. The standard InChI is InChI=1S/C62H97NO18S/c1-45(27-19-15-11-10-12-16-20-28-46(2)62(76)77)61(75)48(4)58(73)36-21-17-13-8-6-5-7-9-14-18-22-37-60(81-82(78,79)80)47(3)59(74)44-57(72)43-54(69)34-25-33-53(68)42-56(71)41-52(67)32-24-31-50(65)39-49(64)29-23-30-51(66)40-55(70)35-26-38-63/h5-10,12-14,16-25,27-29,32,34,36,45,47-58,60-61,64-73,75H,11,15,26,30-31,33,35,37-44,63H2,1-4H3,(H,76,77)(H,78,79,80)/b7-5+,8-6+,12-10+,14-9+,17-13+,20-16+,22-18+,27-19+,29-23+,32-24+,34-25+,36-21+,46-28+/t45-,47-,48-,49+,50+,51+,52+,53+,54-,55-,56-,57-,58+,60-,61-/m1/s1. The maximum absolute atomic E-state index is 13.0. The van der Waals surface area contributed by atoms with Crippen molar-refractivity contribution in [2.45, 2.75) is 191 Å². The maximum Gasteiger partial charge on any atom is 0.397 e. The van der Waals surface area contributed by atoms with Gasteiger partial charge < -0.3 is 67.0 Å². The highest BCUT2D eigenvalue weighted by Crippen LogP contribution is 2.21. The second-order valence-electron chi connectivity index (χ2n) is 20.5. The normalized spacial score (nSPS) is 19.3. The lowest BCUT2D eigenvalue weighted by atomic mass is 9.88. The van der Waals surface area contributed by atoms with Crippen molar-refractivity contribution < 1.29 is 88.0 Å². The van der Waals surface area contributed by atoms with Gasteiger partial charge in [0.05, 0.1) is 73.2 Å². The average Bonchev–Trinajstić information content (AvgIpc) is 3.42. The third-order valence-electron chi connectivity index (χ3n) is 12.8. The second kappa shape index (κ2) is 46.5. The molecule has 0 saturated carbocycles. The second-order valence-corrected chi connectivity index (χ2v) is 21.6. The molecule has 0 radical (unpaired) electrons. The van der Waals surface area contributed by atoms with Gasteiger partial charge in [-0.1, -0.05) is 173 Å². The van der Waals surface area contributed by atoms with Gasteiger partial charge in [0.2, 0.25) is 0 Å². The zero-order chi connectivity index (χ0) is 61.9. The first-order valence-corrected chi connectivity index (χ1v) is 29.4. The SMILES string of the molecule is C\C(=C/C=C/C=C/CC/C=C/[C@@H](C)[C@@H](O)[C@H](C)[C@@H](O)/C=C/C=C/C=C/C=C/C=C/C=C/C[C@@H](OS(=O)(=O)O)[C@H](C)C(=O)C[C@H](O)C[C@H](O)/C=C/C[C@H](O)C[C@H](O)C[C@@H](O)/C=C/C[C@H](O)C[C@@H](O)/C=C/C[C@H](O)C[C@H](O)CCCN)C(=O)O. The van der Waals surface area contributed by atoms with E-state index in [-0.39, 0.29) is 69.3 Å². The van der Waals surface area contributed by atoms with Crippen molar-refractivity contribution in [1.82, 2.24) is 0 Å². The van der Waals surface area contributed by atoms with Gasteiger partial charge in [0, 0.05) is 49.0 Å². The fraction of sp³-hybridized carbons (Fsp3) is 0.548. The molecule has 0 aliphatic rings. The van der Waals surface area contributed by atoms with E-state index in [1.807, 2.05) is 31.2 Å². The Labute approximate surface area is 486 Å². The summed E-state index contributed by atoms with van der Waals surface area (Å²) in [4.78, 5) is 23.8. The van der Waals surface area contributed by atoms with Crippen LogP contribution in [0.25, 0.3) is 0 Å². The number of aliphatic hydroxyl groups is 11. The van der Waals surface area contributed by atoms with Crippen LogP contribution in [0.4, 0.5) is 0 Å². The van der Waals surface area contributed by atoms with Crippen LogP contribution in [-0.2, 0) is 24.2 Å². The Hall–Kier alpha value is -4.85. The Balaban J connectivity index is 4.81. The predicted molar refractivity (Wildman–Crippen MR) is 320 cm³/mol. The highest BCUT2D eigenvalue weighted by Gasteiger charge is 2.30. The van der Waals surface area contributed by atoms with Gasteiger partial charge >= 0.3 is 16.4 Å². The van der Waals surface area contributed by atoms with Gasteiger partial charge in [0.15, 0.2) is 0 Å². The number of hydrogen-bond acceptors (Lipinski definition) is 17. The van der Waals surface area contributed by atoms with Crippen molar-refractivity contribution >= 4 is 22.2 Å². The first kappa shape index (κ1) is 77.2. The molecule has 0 unspecified atom stereocenters. The van der Waals surface area contributed by atoms with E-state index >= 15 is 0 Å². The minimum Gasteiger partial charge on any atom is -0.478 e. The predicted octanol–water partition coefficient (Wildman–Crippen LogP) is 5.75. The Morgan fingerprint density at radius 2 is 0.963 bits per heavy atom. The van der Waals surface area contributed by atoms with Gasteiger partial charge in [-0.05, 0) is 77.7 Å². The number of aliphatic carboxylic acids is 1. The zero-order valence-corrected chi connectivity index (χ0v) is 48.9. The van der Waals surface area contributed by atoms with Crippen molar-refractivity contribution in [3.05, 3.63) is 157 Å². The summed E-state index contributed by atoms with van der Waals surface area (Å²) >= 11 is 0. The van der Waals surface area contributed by atoms with E-state index in [0.717, 1.165) is 12.8 Å². The summed E-state index contributed by atoms with van der Waals surface area (Å²) in [5, 5.41) is 123. The number of allylic oxidation sites excluding steroid dienone is 16.